The van der Waals surface area contributed by atoms with E-state index in [2.05, 4.69) is 5.10 Å². The lowest BCUT2D eigenvalue weighted by Gasteiger charge is -2.22. The number of aromatic nitrogens is 2. The van der Waals surface area contributed by atoms with Gasteiger partial charge < -0.3 is 5.11 Å². The fourth-order valence-corrected chi connectivity index (χ4v) is 4.80. The molecule has 3 rings (SSSR count). The molecule has 1 saturated heterocycles. The summed E-state index contributed by atoms with van der Waals surface area (Å²) >= 11 is 0. The van der Waals surface area contributed by atoms with Crippen molar-refractivity contribution >= 4 is 16.0 Å². The standard InChI is InChI=1S/C15H17N3O4S/c1-17-12(8-9-16-17)11-5-2-3-7-14(11)23(21,22)18-10-4-6-13(18)15(19)20/h2-3,5,7-9,13H,4,6,10H2,1H3,(H,19,20)/t13-/m0/s1. The second-order valence-electron chi connectivity index (χ2n) is 5.45. The fraction of sp³-hybridized carbons (Fsp3) is 0.333. The van der Waals surface area contributed by atoms with Crippen LogP contribution in [0.3, 0.4) is 0 Å². The van der Waals surface area contributed by atoms with E-state index in [1.807, 2.05) is 0 Å². The van der Waals surface area contributed by atoms with Crippen LogP contribution >= 0.6 is 0 Å². The van der Waals surface area contributed by atoms with Crippen LogP contribution in [0.15, 0.2) is 41.4 Å². The van der Waals surface area contributed by atoms with Crippen molar-refractivity contribution in [1.29, 1.82) is 0 Å². The fourth-order valence-electron chi connectivity index (χ4n) is 2.94. The minimum absolute atomic E-state index is 0.108. The summed E-state index contributed by atoms with van der Waals surface area (Å²) in [5.74, 6) is -1.11. The number of nitrogens with zero attached hydrogens (tertiary/aromatic N) is 3. The van der Waals surface area contributed by atoms with Gasteiger partial charge in [0.2, 0.25) is 10.0 Å². The second-order valence-corrected chi connectivity index (χ2v) is 7.31. The Morgan fingerprint density at radius 3 is 2.70 bits per heavy atom. The third-order valence-electron chi connectivity index (χ3n) is 4.06. The Kier molecular flexibility index (Phi) is 3.95. The summed E-state index contributed by atoms with van der Waals surface area (Å²) in [5, 5.41) is 13.3. The normalized spacial score (nSPS) is 19.1. The van der Waals surface area contributed by atoms with Crippen LogP contribution in [0, 0.1) is 0 Å². The molecule has 8 heteroatoms. The maximum absolute atomic E-state index is 13.0. The van der Waals surface area contributed by atoms with Gasteiger partial charge in [-0.25, -0.2) is 8.42 Å². The van der Waals surface area contributed by atoms with Crippen molar-refractivity contribution in [1.82, 2.24) is 14.1 Å². The number of hydrogen-bond donors (Lipinski definition) is 1. The molecule has 0 unspecified atom stereocenters. The number of rotatable bonds is 4. The number of aryl methyl sites for hydroxylation is 1. The molecule has 0 spiro atoms. The summed E-state index contributed by atoms with van der Waals surface area (Å²) in [4.78, 5) is 11.4. The smallest absolute Gasteiger partial charge is 0.322 e. The number of carboxylic acids is 1. The number of sulfonamides is 1. The van der Waals surface area contributed by atoms with Crippen LogP contribution in [0.2, 0.25) is 0 Å². The van der Waals surface area contributed by atoms with E-state index in [1.165, 1.54) is 6.07 Å². The van der Waals surface area contributed by atoms with Crippen molar-refractivity contribution in [3.63, 3.8) is 0 Å². The van der Waals surface area contributed by atoms with Crippen LogP contribution in [0.4, 0.5) is 0 Å². The van der Waals surface area contributed by atoms with Gasteiger partial charge >= 0.3 is 5.97 Å². The van der Waals surface area contributed by atoms with Gasteiger partial charge in [-0.3, -0.25) is 9.48 Å². The summed E-state index contributed by atoms with van der Waals surface area (Å²) in [7, 11) is -2.16. The predicted molar refractivity (Wildman–Crippen MR) is 83.2 cm³/mol. The Morgan fingerprint density at radius 1 is 1.30 bits per heavy atom. The van der Waals surface area contributed by atoms with Gasteiger partial charge in [0, 0.05) is 25.4 Å². The van der Waals surface area contributed by atoms with Crippen LogP contribution in [-0.4, -0.2) is 46.2 Å². The number of aliphatic carboxylic acids is 1. The number of carboxylic acid groups (broad SMARTS) is 1. The average Bonchev–Trinajstić information content (AvgIpc) is 3.16. The monoisotopic (exact) mass is 335 g/mol. The van der Waals surface area contributed by atoms with Gasteiger partial charge in [-0.05, 0) is 25.0 Å². The number of carbonyl (C=O) groups is 1. The first-order valence-corrected chi connectivity index (χ1v) is 8.69. The molecule has 2 heterocycles. The van der Waals surface area contributed by atoms with Crippen molar-refractivity contribution in [2.75, 3.05) is 6.54 Å². The largest absolute Gasteiger partial charge is 0.480 e. The molecule has 1 aliphatic rings. The summed E-state index contributed by atoms with van der Waals surface area (Å²) in [6.07, 6.45) is 2.47. The lowest BCUT2D eigenvalue weighted by molar-refractivity contribution is -0.140. The third kappa shape index (κ3) is 2.64. The first-order valence-electron chi connectivity index (χ1n) is 7.25. The first-order chi connectivity index (χ1) is 10.9. The van der Waals surface area contributed by atoms with Crippen LogP contribution in [0.25, 0.3) is 11.3 Å². The summed E-state index contributed by atoms with van der Waals surface area (Å²) in [6, 6.07) is 7.33. The van der Waals surface area contributed by atoms with Crippen molar-refractivity contribution in [3.05, 3.63) is 36.5 Å². The summed E-state index contributed by atoms with van der Waals surface area (Å²) < 4.78 is 28.7. The number of hydrogen-bond acceptors (Lipinski definition) is 4. The molecule has 2 aromatic rings. The Hall–Kier alpha value is -2.19. The van der Waals surface area contributed by atoms with E-state index in [4.69, 9.17) is 0 Å². The summed E-state index contributed by atoms with van der Waals surface area (Å²) in [5.41, 5.74) is 1.18. The van der Waals surface area contributed by atoms with E-state index in [0.717, 1.165) is 4.31 Å². The molecule has 0 aliphatic carbocycles. The Morgan fingerprint density at radius 2 is 2.04 bits per heavy atom. The van der Waals surface area contributed by atoms with Crippen LogP contribution in [-0.2, 0) is 21.9 Å². The zero-order valence-electron chi connectivity index (χ0n) is 12.6. The van der Waals surface area contributed by atoms with Crippen LogP contribution in [0.5, 0.6) is 0 Å². The maximum Gasteiger partial charge on any atom is 0.322 e. The molecule has 7 nitrogen and oxygen atoms in total. The third-order valence-corrected chi connectivity index (χ3v) is 6.03. The van der Waals surface area contributed by atoms with E-state index in [0.29, 0.717) is 24.1 Å². The average molecular weight is 335 g/mol. The van der Waals surface area contributed by atoms with Crippen molar-refractivity contribution in [2.24, 2.45) is 7.05 Å². The molecule has 0 amide bonds. The zero-order chi connectivity index (χ0) is 16.6. The molecule has 0 radical (unpaired) electrons. The highest BCUT2D eigenvalue weighted by Gasteiger charge is 2.40. The van der Waals surface area contributed by atoms with Crippen LogP contribution in [0.1, 0.15) is 12.8 Å². The van der Waals surface area contributed by atoms with E-state index in [9.17, 15) is 18.3 Å². The molecule has 1 fully saturated rings. The molecule has 1 N–H and O–H groups in total. The lowest BCUT2D eigenvalue weighted by Crippen LogP contribution is -2.40. The van der Waals surface area contributed by atoms with Gasteiger partial charge in [0.1, 0.15) is 6.04 Å². The quantitative estimate of drug-likeness (QED) is 0.910. The van der Waals surface area contributed by atoms with E-state index >= 15 is 0 Å². The lowest BCUT2D eigenvalue weighted by atomic mass is 10.1. The molecule has 1 aromatic carbocycles. The molecule has 0 bridgehead atoms. The minimum atomic E-state index is -3.89. The highest BCUT2D eigenvalue weighted by Crippen LogP contribution is 2.32. The highest BCUT2D eigenvalue weighted by molar-refractivity contribution is 7.89. The Bertz CT molecular complexity index is 844. The van der Waals surface area contributed by atoms with Gasteiger partial charge in [0.25, 0.3) is 0 Å². The van der Waals surface area contributed by atoms with Gasteiger partial charge in [0.05, 0.1) is 10.6 Å². The predicted octanol–water partition coefficient (Wildman–Crippen LogP) is 1.32. The summed E-state index contributed by atoms with van der Waals surface area (Å²) in [6.45, 7) is 0.221. The Balaban J connectivity index is 2.12. The Labute approximate surface area is 134 Å². The maximum atomic E-state index is 13.0. The van der Waals surface area contributed by atoms with Crippen LogP contribution < -0.4 is 0 Å². The zero-order valence-corrected chi connectivity index (χ0v) is 13.4. The SMILES string of the molecule is Cn1nccc1-c1ccccc1S(=O)(=O)N1CCC[C@H]1C(=O)O. The topological polar surface area (TPSA) is 92.5 Å². The van der Waals surface area contributed by atoms with Gasteiger partial charge in [0.15, 0.2) is 0 Å². The van der Waals surface area contributed by atoms with E-state index < -0.39 is 22.0 Å². The van der Waals surface area contributed by atoms with E-state index in [1.54, 1.807) is 42.2 Å². The molecular weight excluding hydrogens is 318 g/mol. The number of benzene rings is 1. The molecule has 1 aromatic heterocycles. The molecule has 23 heavy (non-hydrogen) atoms. The van der Waals surface area contributed by atoms with Gasteiger partial charge in [-0.2, -0.15) is 9.40 Å². The molecule has 0 saturated carbocycles. The highest BCUT2D eigenvalue weighted by atomic mass is 32.2. The molecule has 1 aliphatic heterocycles. The molecular formula is C15H17N3O4S. The van der Waals surface area contributed by atoms with Gasteiger partial charge in [-0.15, -0.1) is 0 Å². The van der Waals surface area contributed by atoms with Crippen molar-refractivity contribution in [2.45, 2.75) is 23.8 Å². The second kappa shape index (κ2) is 5.78. The minimum Gasteiger partial charge on any atom is -0.480 e. The van der Waals surface area contributed by atoms with E-state index in [-0.39, 0.29) is 11.4 Å². The van der Waals surface area contributed by atoms with Crippen molar-refractivity contribution in [3.8, 4) is 11.3 Å². The molecule has 1 atom stereocenters. The van der Waals surface area contributed by atoms with Crippen molar-refractivity contribution < 1.29 is 18.3 Å². The first kappa shape index (κ1) is 15.7. The van der Waals surface area contributed by atoms with Gasteiger partial charge in [-0.1, -0.05) is 18.2 Å². The molecule has 122 valence electrons.